The average Bonchev–Trinajstić information content (AvgIpc) is 3.26. The Morgan fingerprint density at radius 1 is 1.00 bits per heavy atom. The smallest absolute Gasteiger partial charge is 0.313 e. The topological polar surface area (TPSA) is 109 Å². The molecule has 5 heterocycles. The Labute approximate surface area is 211 Å². The molecule has 3 fully saturated rings. The fraction of sp³-hybridized carbons (Fsp3) is 0.731. The number of nitrogens with zero attached hydrogens (tertiary/aromatic N) is 3. The summed E-state index contributed by atoms with van der Waals surface area (Å²) in [7, 11) is 0. The number of aliphatic hydroxyl groups excluding tert-OH is 1. The van der Waals surface area contributed by atoms with Crippen LogP contribution in [0.4, 0.5) is 0 Å². The summed E-state index contributed by atoms with van der Waals surface area (Å²) in [6.45, 7) is 6.52. The normalized spacial score (nSPS) is 37.9. The number of allylic oxidation sites excluding steroid dienone is 1. The minimum Gasteiger partial charge on any atom is -0.465 e. The number of ether oxygens (including phenoxy) is 3. The summed E-state index contributed by atoms with van der Waals surface area (Å²) in [6.07, 6.45) is 9.54. The second-order valence-electron chi connectivity index (χ2n) is 10.2. The highest BCUT2D eigenvalue weighted by molar-refractivity contribution is 5.99. The number of carbonyl (C=O) groups is 3. The van der Waals surface area contributed by atoms with Crippen LogP contribution in [-0.2, 0) is 28.6 Å². The van der Waals surface area contributed by atoms with Crippen molar-refractivity contribution < 1.29 is 33.7 Å². The van der Waals surface area contributed by atoms with E-state index in [1.807, 2.05) is 31.2 Å². The number of hydrogen-bond acceptors (Lipinski definition) is 8. The molecular weight excluding hydrogens is 466 g/mol. The van der Waals surface area contributed by atoms with Gasteiger partial charge in [-0.05, 0) is 19.3 Å². The molecule has 1 spiro atoms. The maximum Gasteiger partial charge on any atom is 0.313 e. The molecule has 10 heteroatoms. The van der Waals surface area contributed by atoms with Gasteiger partial charge in [-0.25, -0.2) is 0 Å². The van der Waals surface area contributed by atoms with E-state index in [9.17, 15) is 19.5 Å². The van der Waals surface area contributed by atoms with E-state index in [0.29, 0.717) is 45.7 Å². The second-order valence-corrected chi connectivity index (χ2v) is 10.2. The molecule has 0 aromatic carbocycles. The van der Waals surface area contributed by atoms with Gasteiger partial charge in [0.15, 0.2) is 0 Å². The third-order valence-electron chi connectivity index (χ3n) is 8.35. The van der Waals surface area contributed by atoms with Crippen molar-refractivity contribution >= 4 is 17.8 Å². The van der Waals surface area contributed by atoms with Crippen molar-refractivity contribution in [2.45, 2.75) is 43.4 Å². The molecule has 36 heavy (non-hydrogen) atoms. The number of esters is 1. The Balaban J connectivity index is 1.52. The van der Waals surface area contributed by atoms with Gasteiger partial charge in [-0.1, -0.05) is 31.2 Å². The lowest BCUT2D eigenvalue weighted by molar-refractivity contribution is -0.161. The lowest BCUT2D eigenvalue weighted by Gasteiger charge is -2.38. The number of cyclic esters (lactones) is 1. The van der Waals surface area contributed by atoms with Gasteiger partial charge in [-0.15, -0.1) is 0 Å². The van der Waals surface area contributed by atoms with Crippen LogP contribution in [0.3, 0.4) is 0 Å². The molecule has 198 valence electrons. The third kappa shape index (κ3) is 4.08. The van der Waals surface area contributed by atoms with E-state index in [1.165, 1.54) is 4.90 Å². The Kier molecular flexibility index (Phi) is 7.22. The van der Waals surface area contributed by atoms with E-state index in [4.69, 9.17) is 14.2 Å². The first-order chi connectivity index (χ1) is 17.5. The molecule has 0 bridgehead atoms. The minimum atomic E-state index is -1.31. The zero-order valence-corrected chi connectivity index (χ0v) is 21.0. The Morgan fingerprint density at radius 3 is 2.56 bits per heavy atom. The van der Waals surface area contributed by atoms with Crippen molar-refractivity contribution in [3.8, 4) is 0 Å². The number of rotatable bonds is 6. The van der Waals surface area contributed by atoms with Gasteiger partial charge in [0.2, 0.25) is 11.8 Å². The van der Waals surface area contributed by atoms with Crippen molar-refractivity contribution in [3.63, 3.8) is 0 Å². The highest BCUT2D eigenvalue weighted by Crippen LogP contribution is 2.58. The van der Waals surface area contributed by atoms with Crippen molar-refractivity contribution in [1.29, 1.82) is 0 Å². The van der Waals surface area contributed by atoms with Gasteiger partial charge in [0.05, 0.1) is 32.3 Å². The number of aliphatic hydroxyl groups is 1. The van der Waals surface area contributed by atoms with Crippen molar-refractivity contribution in [1.82, 2.24) is 14.7 Å². The van der Waals surface area contributed by atoms with Crippen molar-refractivity contribution in [2.75, 3.05) is 65.7 Å². The highest BCUT2D eigenvalue weighted by atomic mass is 16.6. The molecule has 1 unspecified atom stereocenters. The summed E-state index contributed by atoms with van der Waals surface area (Å²) >= 11 is 0. The van der Waals surface area contributed by atoms with Gasteiger partial charge < -0.3 is 29.1 Å². The van der Waals surface area contributed by atoms with Crippen LogP contribution in [0.1, 0.15) is 26.2 Å². The molecule has 0 aromatic heterocycles. The van der Waals surface area contributed by atoms with Gasteiger partial charge in [0.25, 0.3) is 0 Å². The summed E-state index contributed by atoms with van der Waals surface area (Å²) in [5.41, 5.74) is -2.35. The molecule has 5 rings (SSSR count). The molecule has 5 aliphatic heterocycles. The highest BCUT2D eigenvalue weighted by Gasteiger charge is 2.75. The van der Waals surface area contributed by atoms with Gasteiger partial charge in [0, 0.05) is 39.3 Å². The lowest BCUT2D eigenvalue weighted by atomic mass is 9.73. The molecule has 0 aliphatic carbocycles. The molecule has 0 saturated carbocycles. The summed E-state index contributed by atoms with van der Waals surface area (Å²) in [5.74, 6) is -2.78. The van der Waals surface area contributed by atoms with Crippen LogP contribution < -0.4 is 0 Å². The van der Waals surface area contributed by atoms with E-state index in [0.717, 1.165) is 19.5 Å². The van der Waals surface area contributed by atoms with Crippen molar-refractivity contribution in [2.24, 2.45) is 11.8 Å². The number of amides is 2. The molecule has 10 nitrogen and oxygen atoms in total. The molecule has 3 saturated heterocycles. The molecule has 0 radical (unpaired) electrons. The van der Waals surface area contributed by atoms with E-state index in [2.05, 4.69) is 4.90 Å². The average molecular weight is 504 g/mol. The summed E-state index contributed by atoms with van der Waals surface area (Å²) in [4.78, 5) is 46.9. The fourth-order valence-corrected chi connectivity index (χ4v) is 6.56. The number of fused-ring (bicyclic) bond motifs is 2. The Morgan fingerprint density at radius 2 is 1.81 bits per heavy atom. The molecular formula is C26H37N3O7. The molecule has 1 N–H and O–H groups in total. The second kappa shape index (κ2) is 10.2. The number of morpholine rings is 1. The molecule has 5 aliphatic rings. The molecule has 5 atom stereocenters. The van der Waals surface area contributed by atoms with Crippen LogP contribution >= 0.6 is 0 Å². The lowest BCUT2D eigenvalue weighted by Crippen LogP contribution is -2.57. The van der Waals surface area contributed by atoms with Crippen LogP contribution in [-0.4, -0.2) is 121 Å². The number of carbonyl (C=O) groups excluding carboxylic acids is 3. The van der Waals surface area contributed by atoms with Crippen LogP contribution in [0, 0.1) is 11.8 Å². The van der Waals surface area contributed by atoms with Gasteiger partial charge >= 0.3 is 5.97 Å². The van der Waals surface area contributed by atoms with Gasteiger partial charge in [0.1, 0.15) is 23.2 Å². The summed E-state index contributed by atoms with van der Waals surface area (Å²) < 4.78 is 17.9. The Bertz CT molecular complexity index is 932. The first-order valence-electron chi connectivity index (χ1n) is 13.2. The first kappa shape index (κ1) is 25.4. The fourth-order valence-electron chi connectivity index (χ4n) is 6.56. The number of β-amino-alcohol motifs (C(OH)–C–C–N with tert-alkyl or cyclic N) is 1. The predicted octanol–water partition coefficient (Wildman–Crippen LogP) is -0.0365. The van der Waals surface area contributed by atoms with Crippen molar-refractivity contribution in [3.05, 3.63) is 24.3 Å². The van der Waals surface area contributed by atoms with E-state index in [1.54, 1.807) is 4.90 Å². The minimum absolute atomic E-state index is 0.00126. The third-order valence-corrected chi connectivity index (χ3v) is 8.35. The van der Waals surface area contributed by atoms with Gasteiger partial charge in [-0.2, -0.15) is 0 Å². The monoisotopic (exact) mass is 503 g/mol. The number of hydrogen-bond donors (Lipinski definition) is 1. The van der Waals surface area contributed by atoms with E-state index in [-0.39, 0.29) is 31.6 Å². The summed E-state index contributed by atoms with van der Waals surface area (Å²) in [6, 6.07) is -0.953. The first-order valence-corrected chi connectivity index (χ1v) is 13.2. The Hall–Kier alpha value is -2.27. The SMILES string of the molecule is CC[C@]12/C=C\CCCOC(=O)[C@H]1[C@H]1C(=O)N(CCO)C3C(=O)N(CCN4CCOCC4)CC=C[C@@]31O2. The van der Waals surface area contributed by atoms with Crippen LogP contribution in [0.2, 0.25) is 0 Å². The zero-order chi connectivity index (χ0) is 25.3. The largest absolute Gasteiger partial charge is 0.465 e. The van der Waals surface area contributed by atoms with Crippen LogP contribution in [0.15, 0.2) is 24.3 Å². The summed E-state index contributed by atoms with van der Waals surface area (Å²) in [5, 5.41) is 9.79. The number of likely N-dealkylation sites (tertiary alicyclic amines) is 1. The molecule has 0 aromatic rings. The van der Waals surface area contributed by atoms with E-state index >= 15 is 0 Å². The van der Waals surface area contributed by atoms with Crippen LogP contribution in [0.25, 0.3) is 0 Å². The standard InChI is InChI=1S/C26H37N3O7/c1-2-25-7-4-3-5-16-35-24(33)20(25)19-22(31)29(12-15-30)21-23(32)28(9-6-8-26(19,21)36-25)11-10-27-13-17-34-18-14-27/h4,6-8,19-21,30H,2-3,5,9-18H2,1H3/b7-4-/t19-,20+,21?,25-,26-/m0/s1. The quantitative estimate of drug-likeness (QED) is 0.398. The maximum atomic E-state index is 14.1. The van der Waals surface area contributed by atoms with Gasteiger partial charge in [-0.3, -0.25) is 19.3 Å². The zero-order valence-electron chi connectivity index (χ0n) is 21.0. The predicted molar refractivity (Wildman–Crippen MR) is 129 cm³/mol. The maximum absolute atomic E-state index is 14.1. The molecule has 2 amide bonds. The van der Waals surface area contributed by atoms with E-state index < -0.39 is 35.0 Å². The van der Waals surface area contributed by atoms with Crippen LogP contribution in [0.5, 0.6) is 0 Å².